The molecule has 0 fully saturated rings. The highest BCUT2D eigenvalue weighted by molar-refractivity contribution is 9.10. The Hall–Kier alpha value is -1.67. The van der Waals surface area contributed by atoms with E-state index in [0.717, 1.165) is 5.56 Å². The topological polar surface area (TPSA) is 24.1 Å². The fourth-order valence-corrected chi connectivity index (χ4v) is 2.49. The average molecular weight is 407 g/mol. The van der Waals surface area contributed by atoms with Crippen molar-refractivity contribution in [1.29, 1.82) is 0 Å². The molecular weight excluding hydrogens is 396 g/mol. The summed E-state index contributed by atoms with van der Waals surface area (Å²) in [4.78, 5) is 0. The van der Waals surface area contributed by atoms with E-state index in [0.29, 0.717) is 12.1 Å². The molecule has 0 radical (unpaired) electrons. The maximum atomic E-state index is 13.8. The molecular formula is C15H11BrF4N2S. The largest absolute Gasteiger partial charge is 0.332 e. The number of anilines is 2. The van der Waals surface area contributed by atoms with E-state index in [1.807, 2.05) is 19.1 Å². The molecule has 2 N–H and O–H groups in total. The molecule has 0 bridgehead atoms. The van der Waals surface area contributed by atoms with Crippen molar-refractivity contribution in [2.75, 3.05) is 10.6 Å². The predicted octanol–water partition coefficient (Wildman–Crippen LogP) is 5.38. The molecule has 0 atom stereocenters. The SMILES string of the molecule is CCc1ccccc1NC(=S)Nc1c(F)c(F)c(Br)c(F)c1F. The van der Waals surface area contributed by atoms with E-state index in [-0.39, 0.29) is 5.11 Å². The Labute approximate surface area is 144 Å². The van der Waals surface area contributed by atoms with E-state index in [1.165, 1.54) is 0 Å². The van der Waals surface area contributed by atoms with Crippen LogP contribution in [-0.2, 0) is 6.42 Å². The van der Waals surface area contributed by atoms with Crippen molar-refractivity contribution in [3.63, 3.8) is 0 Å². The lowest BCUT2D eigenvalue weighted by atomic mass is 10.1. The first-order valence-corrected chi connectivity index (χ1v) is 7.74. The van der Waals surface area contributed by atoms with Gasteiger partial charge in [0.05, 0.1) is 4.47 Å². The first-order valence-electron chi connectivity index (χ1n) is 6.54. The number of benzene rings is 2. The first-order chi connectivity index (χ1) is 10.9. The predicted molar refractivity (Wildman–Crippen MR) is 89.6 cm³/mol. The zero-order valence-electron chi connectivity index (χ0n) is 11.8. The molecule has 23 heavy (non-hydrogen) atoms. The zero-order valence-corrected chi connectivity index (χ0v) is 14.2. The molecule has 0 aliphatic heterocycles. The highest BCUT2D eigenvalue weighted by Gasteiger charge is 2.24. The van der Waals surface area contributed by atoms with Crippen LogP contribution in [0.25, 0.3) is 0 Å². The maximum absolute atomic E-state index is 13.8. The molecule has 122 valence electrons. The van der Waals surface area contributed by atoms with Gasteiger partial charge in [-0.05, 0) is 46.2 Å². The highest BCUT2D eigenvalue weighted by Crippen LogP contribution is 2.31. The van der Waals surface area contributed by atoms with Gasteiger partial charge in [-0.2, -0.15) is 0 Å². The minimum Gasteiger partial charge on any atom is -0.332 e. The van der Waals surface area contributed by atoms with Crippen molar-refractivity contribution < 1.29 is 17.6 Å². The number of hydrogen-bond acceptors (Lipinski definition) is 1. The van der Waals surface area contributed by atoms with Crippen LogP contribution in [0.5, 0.6) is 0 Å². The van der Waals surface area contributed by atoms with Crippen molar-refractivity contribution in [1.82, 2.24) is 0 Å². The quantitative estimate of drug-likeness (QED) is 0.309. The van der Waals surface area contributed by atoms with Gasteiger partial charge < -0.3 is 10.6 Å². The molecule has 0 saturated heterocycles. The summed E-state index contributed by atoms with van der Waals surface area (Å²) in [7, 11) is 0. The molecule has 0 unspecified atom stereocenters. The summed E-state index contributed by atoms with van der Waals surface area (Å²) in [5.74, 6) is -6.21. The second kappa shape index (κ2) is 7.27. The van der Waals surface area contributed by atoms with Gasteiger partial charge in [0, 0.05) is 5.69 Å². The number of para-hydroxylation sites is 1. The Bertz CT molecular complexity index is 738. The number of rotatable bonds is 3. The van der Waals surface area contributed by atoms with Gasteiger partial charge in [-0.3, -0.25) is 0 Å². The lowest BCUT2D eigenvalue weighted by molar-refractivity contribution is 0.452. The average Bonchev–Trinajstić information content (AvgIpc) is 2.55. The van der Waals surface area contributed by atoms with Crippen molar-refractivity contribution in [2.45, 2.75) is 13.3 Å². The maximum Gasteiger partial charge on any atom is 0.186 e. The summed E-state index contributed by atoms with van der Waals surface area (Å²) in [6.45, 7) is 1.93. The van der Waals surface area contributed by atoms with Gasteiger partial charge in [0.25, 0.3) is 0 Å². The van der Waals surface area contributed by atoms with Gasteiger partial charge in [0.1, 0.15) is 5.69 Å². The van der Waals surface area contributed by atoms with Crippen LogP contribution in [0.2, 0.25) is 0 Å². The normalized spacial score (nSPS) is 10.5. The molecule has 0 spiro atoms. The molecule has 2 aromatic carbocycles. The number of halogens is 5. The summed E-state index contributed by atoms with van der Waals surface area (Å²) < 4.78 is 53.7. The van der Waals surface area contributed by atoms with E-state index in [2.05, 4.69) is 26.6 Å². The van der Waals surface area contributed by atoms with Gasteiger partial charge >= 0.3 is 0 Å². The van der Waals surface area contributed by atoms with E-state index in [4.69, 9.17) is 12.2 Å². The fourth-order valence-electron chi connectivity index (χ4n) is 1.93. The molecule has 0 aliphatic carbocycles. The Morgan fingerprint density at radius 2 is 1.57 bits per heavy atom. The molecule has 0 heterocycles. The van der Waals surface area contributed by atoms with Crippen LogP contribution in [0.4, 0.5) is 28.9 Å². The number of aryl methyl sites for hydroxylation is 1. The molecule has 2 rings (SSSR count). The molecule has 0 aromatic heterocycles. The summed E-state index contributed by atoms with van der Waals surface area (Å²) in [5.41, 5.74) is 0.562. The van der Waals surface area contributed by atoms with Crippen molar-refractivity contribution in [3.8, 4) is 0 Å². The van der Waals surface area contributed by atoms with Crippen molar-refractivity contribution in [3.05, 3.63) is 57.6 Å². The Balaban J connectivity index is 2.28. The summed E-state index contributed by atoms with van der Waals surface area (Å²) >= 11 is 7.40. The fraction of sp³-hybridized carbons (Fsp3) is 0.133. The molecule has 2 aromatic rings. The van der Waals surface area contributed by atoms with E-state index in [9.17, 15) is 17.6 Å². The lowest BCUT2D eigenvalue weighted by Gasteiger charge is -2.15. The van der Waals surface area contributed by atoms with Gasteiger partial charge in [-0.15, -0.1) is 0 Å². The highest BCUT2D eigenvalue weighted by atomic mass is 79.9. The number of nitrogens with one attached hydrogen (secondary N) is 2. The molecule has 2 nitrogen and oxygen atoms in total. The Kier molecular flexibility index (Phi) is 5.59. The summed E-state index contributed by atoms with van der Waals surface area (Å²) in [6.07, 6.45) is 0.704. The zero-order chi connectivity index (χ0) is 17.1. The molecule has 0 amide bonds. The third kappa shape index (κ3) is 3.64. The first kappa shape index (κ1) is 17.7. The van der Waals surface area contributed by atoms with E-state index >= 15 is 0 Å². The third-order valence-electron chi connectivity index (χ3n) is 3.09. The van der Waals surface area contributed by atoms with Crippen LogP contribution in [0.15, 0.2) is 28.7 Å². The smallest absolute Gasteiger partial charge is 0.186 e. The van der Waals surface area contributed by atoms with Crippen LogP contribution >= 0.6 is 28.1 Å². The second-order valence-corrected chi connectivity index (χ2v) is 5.74. The van der Waals surface area contributed by atoms with Gasteiger partial charge in [0.15, 0.2) is 28.4 Å². The van der Waals surface area contributed by atoms with Crippen molar-refractivity contribution in [2.24, 2.45) is 0 Å². The van der Waals surface area contributed by atoms with Crippen molar-refractivity contribution >= 4 is 44.6 Å². The lowest BCUT2D eigenvalue weighted by Crippen LogP contribution is -2.22. The number of hydrogen-bond donors (Lipinski definition) is 2. The van der Waals surface area contributed by atoms with Crippen LogP contribution in [0, 0.1) is 23.3 Å². The molecule has 0 aliphatic rings. The van der Waals surface area contributed by atoms with Crippen LogP contribution in [0.3, 0.4) is 0 Å². The van der Waals surface area contributed by atoms with Crippen LogP contribution in [-0.4, -0.2) is 5.11 Å². The Morgan fingerprint density at radius 1 is 1.00 bits per heavy atom. The summed E-state index contributed by atoms with van der Waals surface area (Å²) in [5, 5.41) is 4.71. The minimum absolute atomic E-state index is 0.190. The van der Waals surface area contributed by atoms with Crippen LogP contribution < -0.4 is 10.6 Å². The summed E-state index contributed by atoms with van der Waals surface area (Å²) in [6, 6.07) is 7.16. The minimum atomic E-state index is -1.57. The van der Waals surface area contributed by atoms with E-state index < -0.39 is 33.4 Å². The van der Waals surface area contributed by atoms with Gasteiger partial charge in [0.2, 0.25) is 0 Å². The second-order valence-electron chi connectivity index (χ2n) is 4.53. The molecule has 0 saturated carbocycles. The van der Waals surface area contributed by atoms with Gasteiger partial charge in [-0.25, -0.2) is 17.6 Å². The standard InChI is InChI=1S/C15H11BrF4N2S/c1-2-7-5-3-4-6-8(7)21-15(23)22-14-12(19)10(17)9(16)11(18)13(14)20/h3-6H,2H2,1H3,(H2,21,22,23). The van der Waals surface area contributed by atoms with Gasteiger partial charge in [-0.1, -0.05) is 25.1 Å². The van der Waals surface area contributed by atoms with Crippen LogP contribution in [0.1, 0.15) is 12.5 Å². The third-order valence-corrected chi connectivity index (χ3v) is 4.00. The molecule has 8 heteroatoms. The van der Waals surface area contributed by atoms with E-state index in [1.54, 1.807) is 12.1 Å². The monoisotopic (exact) mass is 406 g/mol. The Morgan fingerprint density at radius 3 is 2.13 bits per heavy atom. The number of thiocarbonyl (C=S) groups is 1.